The third-order valence-corrected chi connectivity index (χ3v) is 4.70. The van der Waals surface area contributed by atoms with E-state index >= 15 is 0 Å². The molecule has 0 fully saturated rings. The van der Waals surface area contributed by atoms with Crippen LogP contribution in [0.3, 0.4) is 0 Å². The molecular formula is C18H21N3O3S. The predicted molar refractivity (Wildman–Crippen MR) is 97.7 cm³/mol. The van der Waals surface area contributed by atoms with Crippen molar-refractivity contribution in [3.63, 3.8) is 0 Å². The van der Waals surface area contributed by atoms with Gasteiger partial charge in [0.25, 0.3) is 0 Å². The minimum absolute atomic E-state index is 0.115. The van der Waals surface area contributed by atoms with Crippen LogP contribution in [-0.4, -0.2) is 32.1 Å². The first-order valence-electron chi connectivity index (χ1n) is 8.07. The molecule has 0 bridgehead atoms. The lowest BCUT2D eigenvalue weighted by Crippen LogP contribution is -2.42. The van der Waals surface area contributed by atoms with Crippen molar-refractivity contribution in [1.29, 1.82) is 0 Å². The van der Waals surface area contributed by atoms with E-state index in [4.69, 9.17) is 0 Å². The van der Waals surface area contributed by atoms with Gasteiger partial charge in [0.05, 0.1) is 6.26 Å². The Kier molecular flexibility index (Phi) is 4.94. The zero-order valence-electron chi connectivity index (χ0n) is 14.0. The number of hydrogen-bond donors (Lipinski definition) is 2. The fourth-order valence-electron chi connectivity index (χ4n) is 2.92. The Labute approximate surface area is 147 Å². The molecule has 0 spiro atoms. The Morgan fingerprint density at radius 1 is 1.12 bits per heavy atom. The molecule has 3 rings (SSSR count). The van der Waals surface area contributed by atoms with Crippen LogP contribution in [-0.2, 0) is 29.5 Å². The molecule has 2 aromatic carbocycles. The van der Waals surface area contributed by atoms with E-state index in [0.717, 1.165) is 18.2 Å². The van der Waals surface area contributed by atoms with Crippen LogP contribution >= 0.6 is 0 Å². The number of carbonyl (C=O) groups excluding carboxylic acids is 1. The Hall–Kier alpha value is -2.54. The van der Waals surface area contributed by atoms with Crippen LogP contribution < -0.4 is 10.0 Å². The summed E-state index contributed by atoms with van der Waals surface area (Å²) in [6, 6.07) is 15.0. The van der Waals surface area contributed by atoms with Gasteiger partial charge in [-0.1, -0.05) is 36.4 Å². The van der Waals surface area contributed by atoms with Gasteiger partial charge in [-0.25, -0.2) is 13.2 Å². The van der Waals surface area contributed by atoms with E-state index in [9.17, 15) is 13.2 Å². The molecule has 7 heteroatoms. The highest BCUT2D eigenvalue weighted by molar-refractivity contribution is 7.92. The van der Waals surface area contributed by atoms with Crippen molar-refractivity contribution in [2.45, 2.75) is 19.5 Å². The first-order valence-corrected chi connectivity index (χ1v) is 9.96. The lowest BCUT2D eigenvalue weighted by atomic mass is 10.0. The fourth-order valence-corrected chi connectivity index (χ4v) is 3.47. The first kappa shape index (κ1) is 17.3. The summed E-state index contributed by atoms with van der Waals surface area (Å²) in [5, 5.41) is 2.90. The molecule has 2 N–H and O–H groups in total. The van der Waals surface area contributed by atoms with Gasteiger partial charge in [-0.2, -0.15) is 0 Å². The molecule has 0 aromatic heterocycles. The number of sulfonamides is 1. The monoisotopic (exact) mass is 359 g/mol. The smallest absolute Gasteiger partial charge is 0.317 e. The van der Waals surface area contributed by atoms with Crippen molar-refractivity contribution >= 4 is 21.7 Å². The molecule has 25 heavy (non-hydrogen) atoms. The van der Waals surface area contributed by atoms with Gasteiger partial charge in [-0.3, -0.25) is 4.72 Å². The number of hydrogen-bond acceptors (Lipinski definition) is 3. The summed E-state index contributed by atoms with van der Waals surface area (Å²) < 4.78 is 25.0. The van der Waals surface area contributed by atoms with Crippen molar-refractivity contribution in [2.75, 3.05) is 17.5 Å². The quantitative estimate of drug-likeness (QED) is 0.879. The summed E-state index contributed by atoms with van der Waals surface area (Å²) in [4.78, 5) is 14.2. The second kappa shape index (κ2) is 7.14. The number of nitrogens with one attached hydrogen (secondary N) is 2. The number of nitrogens with zero attached hydrogens (tertiary/aromatic N) is 1. The standard InChI is InChI=1S/C18H21N3O3S/c1-25(23,24)20-17-8-4-5-14(11-17)12-19-18(22)21-10-9-15-6-2-3-7-16(15)13-21/h2-8,11,20H,9-10,12-13H2,1H3,(H,19,22). The molecule has 0 aliphatic carbocycles. The van der Waals surface area contributed by atoms with E-state index in [1.165, 1.54) is 11.1 Å². The molecule has 0 atom stereocenters. The molecule has 2 aromatic rings. The van der Waals surface area contributed by atoms with E-state index in [1.54, 1.807) is 23.1 Å². The van der Waals surface area contributed by atoms with Crippen LogP contribution in [0.4, 0.5) is 10.5 Å². The molecule has 1 heterocycles. The van der Waals surface area contributed by atoms with Crippen molar-refractivity contribution in [1.82, 2.24) is 10.2 Å². The number of fused-ring (bicyclic) bond motifs is 1. The molecule has 0 unspecified atom stereocenters. The minimum Gasteiger partial charge on any atom is -0.334 e. The van der Waals surface area contributed by atoms with Crippen LogP contribution in [0.5, 0.6) is 0 Å². The lowest BCUT2D eigenvalue weighted by Gasteiger charge is -2.29. The lowest BCUT2D eigenvalue weighted by molar-refractivity contribution is 0.192. The van der Waals surface area contributed by atoms with Gasteiger partial charge in [0.15, 0.2) is 0 Å². The predicted octanol–water partition coefficient (Wildman–Crippen LogP) is 2.33. The van der Waals surface area contributed by atoms with Gasteiger partial charge >= 0.3 is 6.03 Å². The van der Waals surface area contributed by atoms with Crippen LogP contribution in [0.15, 0.2) is 48.5 Å². The number of benzene rings is 2. The second-order valence-electron chi connectivity index (χ2n) is 6.17. The SMILES string of the molecule is CS(=O)(=O)Nc1cccc(CNC(=O)N2CCc3ccccc3C2)c1. The van der Waals surface area contributed by atoms with Crippen molar-refractivity contribution < 1.29 is 13.2 Å². The minimum atomic E-state index is -3.32. The van der Waals surface area contributed by atoms with E-state index in [2.05, 4.69) is 22.2 Å². The topological polar surface area (TPSA) is 78.5 Å². The number of carbonyl (C=O) groups is 1. The van der Waals surface area contributed by atoms with Crippen molar-refractivity contribution in [3.05, 3.63) is 65.2 Å². The van der Waals surface area contributed by atoms with Gasteiger partial charge < -0.3 is 10.2 Å². The van der Waals surface area contributed by atoms with E-state index in [0.29, 0.717) is 25.3 Å². The Morgan fingerprint density at radius 2 is 1.88 bits per heavy atom. The molecule has 6 nitrogen and oxygen atoms in total. The summed E-state index contributed by atoms with van der Waals surface area (Å²) in [7, 11) is -3.32. The number of rotatable bonds is 4. The summed E-state index contributed by atoms with van der Waals surface area (Å²) in [5.74, 6) is 0. The van der Waals surface area contributed by atoms with Crippen molar-refractivity contribution in [3.8, 4) is 0 Å². The maximum absolute atomic E-state index is 12.4. The highest BCUT2D eigenvalue weighted by atomic mass is 32.2. The molecular weight excluding hydrogens is 338 g/mol. The fraction of sp³-hybridized carbons (Fsp3) is 0.278. The van der Waals surface area contributed by atoms with Gasteiger partial charge in [-0.15, -0.1) is 0 Å². The maximum atomic E-state index is 12.4. The number of urea groups is 1. The van der Waals surface area contributed by atoms with Crippen molar-refractivity contribution in [2.24, 2.45) is 0 Å². The second-order valence-corrected chi connectivity index (χ2v) is 7.92. The highest BCUT2D eigenvalue weighted by Gasteiger charge is 2.19. The van der Waals surface area contributed by atoms with Gasteiger partial charge in [-0.05, 0) is 35.2 Å². The molecule has 2 amide bonds. The van der Waals surface area contributed by atoms with Gasteiger partial charge in [0.2, 0.25) is 10.0 Å². The third-order valence-electron chi connectivity index (χ3n) is 4.09. The maximum Gasteiger partial charge on any atom is 0.317 e. The van der Waals surface area contributed by atoms with Crippen LogP contribution in [0.25, 0.3) is 0 Å². The molecule has 0 saturated carbocycles. The normalized spacial score (nSPS) is 13.9. The molecule has 1 aliphatic heterocycles. The van der Waals surface area contributed by atoms with E-state index < -0.39 is 10.0 Å². The zero-order valence-corrected chi connectivity index (χ0v) is 14.8. The molecule has 0 radical (unpaired) electrons. The molecule has 132 valence electrons. The van der Waals surface area contributed by atoms with Crippen LogP contribution in [0, 0.1) is 0 Å². The average Bonchev–Trinajstić information content (AvgIpc) is 2.58. The zero-order chi connectivity index (χ0) is 17.9. The highest BCUT2D eigenvalue weighted by Crippen LogP contribution is 2.18. The number of anilines is 1. The van der Waals surface area contributed by atoms with Gasteiger partial charge in [0.1, 0.15) is 0 Å². The molecule has 0 saturated heterocycles. The Morgan fingerprint density at radius 3 is 2.64 bits per heavy atom. The van der Waals surface area contributed by atoms with Crippen LogP contribution in [0.2, 0.25) is 0 Å². The molecule has 1 aliphatic rings. The first-order chi connectivity index (χ1) is 11.9. The summed E-state index contributed by atoms with van der Waals surface area (Å²) >= 11 is 0. The summed E-state index contributed by atoms with van der Waals surface area (Å²) in [6.45, 7) is 1.65. The Bertz CT molecular complexity index is 881. The van der Waals surface area contributed by atoms with Crippen LogP contribution in [0.1, 0.15) is 16.7 Å². The van der Waals surface area contributed by atoms with Gasteiger partial charge in [0, 0.05) is 25.3 Å². The third kappa shape index (κ3) is 4.73. The Balaban J connectivity index is 1.59. The van der Waals surface area contributed by atoms with E-state index in [-0.39, 0.29) is 6.03 Å². The summed E-state index contributed by atoms with van der Waals surface area (Å²) in [5.41, 5.74) is 3.80. The van der Waals surface area contributed by atoms with E-state index in [1.807, 2.05) is 18.2 Å². The summed E-state index contributed by atoms with van der Waals surface area (Å²) in [6.07, 6.45) is 1.97. The number of amides is 2. The largest absolute Gasteiger partial charge is 0.334 e. The average molecular weight is 359 g/mol.